The van der Waals surface area contributed by atoms with Crippen LogP contribution in [0.25, 0.3) is 0 Å². The van der Waals surface area contributed by atoms with Crippen LogP contribution < -0.4 is 4.74 Å². The fourth-order valence-corrected chi connectivity index (χ4v) is 1.62. The molecule has 18 heavy (non-hydrogen) atoms. The van der Waals surface area contributed by atoms with Crippen molar-refractivity contribution in [3.8, 4) is 5.75 Å². The number of hydrogen-bond donors (Lipinski definition) is 2. The number of carbonyl (C=O) groups is 2. The minimum absolute atomic E-state index is 0.211. The summed E-state index contributed by atoms with van der Waals surface area (Å²) in [4.78, 5) is 22.7. The van der Waals surface area contributed by atoms with Crippen LogP contribution in [0.5, 0.6) is 5.75 Å². The number of methoxy groups -OCH3 is 1. The van der Waals surface area contributed by atoms with E-state index in [9.17, 15) is 9.59 Å². The van der Waals surface area contributed by atoms with E-state index in [4.69, 9.17) is 14.9 Å². The first kappa shape index (κ1) is 14.0. The van der Waals surface area contributed by atoms with E-state index in [2.05, 4.69) is 0 Å². The molecule has 0 heterocycles. The van der Waals surface area contributed by atoms with Crippen molar-refractivity contribution in [2.24, 2.45) is 0 Å². The Bertz CT molecular complexity index is 416. The number of rotatable bonds is 7. The van der Waals surface area contributed by atoms with Gasteiger partial charge in [-0.25, -0.2) is 0 Å². The largest absolute Gasteiger partial charge is 0.496 e. The molecule has 0 saturated heterocycles. The van der Waals surface area contributed by atoms with Crippen molar-refractivity contribution < 1.29 is 24.5 Å². The van der Waals surface area contributed by atoms with Gasteiger partial charge in [-0.3, -0.25) is 14.5 Å². The Kier molecular flexibility index (Phi) is 5.13. The highest BCUT2D eigenvalue weighted by atomic mass is 16.5. The van der Waals surface area contributed by atoms with Crippen molar-refractivity contribution in [2.75, 3.05) is 20.2 Å². The summed E-state index contributed by atoms with van der Waals surface area (Å²) in [6, 6.07) is 7.10. The standard InChI is InChI=1S/C12H15NO5/c1-18-10-5-3-2-4-9(10)6-13(7-11(14)15)8-12(16)17/h2-5H,6-8H2,1H3,(H,14,15)(H,16,17). The van der Waals surface area contributed by atoms with E-state index in [1.54, 1.807) is 24.3 Å². The van der Waals surface area contributed by atoms with Gasteiger partial charge in [0.25, 0.3) is 0 Å². The lowest BCUT2D eigenvalue weighted by molar-refractivity contribution is -0.142. The van der Waals surface area contributed by atoms with Crippen LogP contribution >= 0.6 is 0 Å². The van der Waals surface area contributed by atoms with E-state index < -0.39 is 11.9 Å². The van der Waals surface area contributed by atoms with Gasteiger partial charge in [0.15, 0.2) is 0 Å². The van der Waals surface area contributed by atoms with Crippen molar-refractivity contribution in [1.82, 2.24) is 4.90 Å². The van der Waals surface area contributed by atoms with Crippen LogP contribution in [0.2, 0.25) is 0 Å². The lowest BCUT2D eigenvalue weighted by atomic mass is 10.2. The Hall–Kier alpha value is -2.08. The number of aliphatic carboxylic acids is 2. The number of ether oxygens (including phenoxy) is 1. The van der Waals surface area contributed by atoms with Gasteiger partial charge in [-0.1, -0.05) is 18.2 Å². The van der Waals surface area contributed by atoms with Crippen LogP contribution in [0, 0.1) is 0 Å². The van der Waals surface area contributed by atoms with E-state index >= 15 is 0 Å². The minimum atomic E-state index is -1.06. The molecule has 0 spiro atoms. The molecule has 0 unspecified atom stereocenters. The number of benzene rings is 1. The second-order valence-electron chi connectivity index (χ2n) is 3.74. The summed E-state index contributed by atoms with van der Waals surface area (Å²) in [6.45, 7) is -0.447. The molecule has 6 nitrogen and oxygen atoms in total. The molecule has 0 atom stereocenters. The fourth-order valence-electron chi connectivity index (χ4n) is 1.62. The molecule has 1 aromatic rings. The van der Waals surface area contributed by atoms with Crippen molar-refractivity contribution in [3.63, 3.8) is 0 Å². The van der Waals surface area contributed by atoms with Crippen LogP contribution in [0.1, 0.15) is 5.56 Å². The molecule has 0 aliphatic carbocycles. The predicted molar refractivity (Wildman–Crippen MR) is 63.5 cm³/mol. The number of para-hydroxylation sites is 1. The Labute approximate surface area is 104 Å². The van der Waals surface area contributed by atoms with Crippen molar-refractivity contribution in [2.45, 2.75) is 6.54 Å². The molecular weight excluding hydrogens is 238 g/mol. The van der Waals surface area contributed by atoms with Crippen LogP contribution in [-0.2, 0) is 16.1 Å². The molecule has 1 aromatic carbocycles. The summed E-state index contributed by atoms with van der Waals surface area (Å²) in [7, 11) is 1.51. The third kappa shape index (κ3) is 4.42. The summed E-state index contributed by atoms with van der Waals surface area (Å²) < 4.78 is 5.13. The first-order valence-corrected chi connectivity index (χ1v) is 5.30. The monoisotopic (exact) mass is 253 g/mol. The highest BCUT2D eigenvalue weighted by molar-refractivity contribution is 5.72. The summed E-state index contributed by atoms with van der Waals surface area (Å²) in [5, 5.41) is 17.5. The first-order valence-electron chi connectivity index (χ1n) is 5.30. The molecule has 0 aromatic heterocycles. The molecule has 98 valence electrons. The lowest BCUT2D eigenvalue weighted by Gasteiger charge is -2.19. The molecule has 0 bridgehead atoms. The zero-order valence-corrected chi connectivity index (χ0v) is 10.00. The molecule has 6 heteroatoms. The maximum absolute atomic E-state index is 10.7. The maximum Gasteiger partial charge on any atom is 0.317 e. The van der Waals surface area contributed by atoms with Crippen LogP contribution in [0.3, 0.4) is 0 Å². The van der Waals surface area contributed by atoms with Gasteiger partial charge >= 0.3 is 11.9 Å². The zero-order valence-electron chi connectivity index (χ0n) is 10.00. The number of carboxylic acids is 2. The molecule has 0 aliphatic rings. The van der Waals surface area contributed by atoms with Gasteiger partial charge in [-0.05, 0) is 6.07 Å². The zero-order chi connectivity index (χ0) is 13.5. The average Bonchev–Trinajstić information content (AvgIpc) is 2.27. The highest BCUT2D eigenvalue weighted by Gasteiger charge is 2.15. The van der Waals surface area contributed by atoms with E-state index in [-0.39, 0.29) is 19.6 Å². The van der Waals surface area contributed by atoms with Crippen LogP contribution in [0.4, 0.5) is 0 Å². The van der Waals surface area contributed by atoms with Crippen LogP contribution in [0.15, 0.2) is 24.3 Å². The molecule has 1 rings (SSSR count). The second kappa shape index (κ2) is 6.61. The molecule has 0 aliphatic heterocycles. The Balaban J connectivity index is 2.81. The van der Waals surface area contributed by atoms with Crippen molar-refractivity contribution in [3.05, 3.63) is 29.8 Å². The number of carboxylic acid groups (broad SMARTS) is 2. The van der Waals surface area contributed by atoms with E-state index in [0.717, 1.165) is 5.56 Å². The van der Waals surface area contributed by atoms with Gasteiger partial charge in [0.05, 0.1) is 20.2 Å². The normalized spacial score (nSPS) is 10.3. The Morgan fingerprint density at radius 2 is 1.72 bits per heavy atom. The summed E-state index contributed by atoms with van der Waals surface area (Å²) >= 11 is 0. The highest BCUT2D eigenvalue weighted by Crippen LogP contribution is 2.18. The van der Waals surface area contributed by atoms with Gasteiger partial charge < -0.3 is 14.9 Å². The van der Waals surface area contributed by atoms with Gasteiger partial charge in [-0.2, -0.15) is 0 Å². The van der Waals surface area contributed by atoms with Crippen molar-refractivity contribution >= 4 is 11.9 Å². The van der Waals surface area contributed by atoms with E-state index in [1.807, 2.05) is 0 Å². The number of nitrogens with zero attached hydrogens (tertiary/aromatic N) is 1. The van der Waals surface area contributed by atoms with E-state index in [0.29, 0.717) is 5.75 Å². The smallest absolute Gasteiger partial charge is 0.317 e. The summed E-state index contributed by atoms with van der Waals surface area (Å²) in [5.74, 6) is -1.52. The molecule has 0 fully saturated rings. The van der Waals surface area contributed by atoms with Gasteiger partial charge in [0.1, 0.15) is 5.75 Å². The van der Waals surface area contributed by atoms with Crippen molar-refractivity contribution in [1.29, 1.82) is 0 Å². The first-order chi connectivity index (χ1) is 8.52. The molecule has 0 saturated carbocycles. The predicted octanol–water partition coefficient (Wildman–Crippen LogP) is 0.666. The van der Waals surface area contributed by atoms with E-state index in [1.165, 1.54) is 12.0 Å². The fraction of sp³-hybridized carbons (Fsp3) is 0.333. The third-order valence-electron chi connectivity index (χ3n) is 2.30. The molecule has 0 radical (unpaired) electrons. The van der Waals surface area contributed by atoms with Gasteiger partial charge in [0.2, 0.25) is 0 Å². The van der Waals surface area contributed by atoms with Gasteiger partial charge in [0, 0.05) is 12.1 Å². The van der Waals surface area contributed by atoms with Crippen LogP contribution in [-0.4, -0.2) is 47.3 Å². The lowest BCUT2D eigenvalue weighted by Crippen LogP contribution is -2.34. The average molecular weight is 253 g/mol. The molecular formula is C12H15NO5. The second-order valence-corrected chi connectivity index (χ2v) is 3.74. The quantitative estimate of drug-likeness (QED) is 0.742. The SMILES string of the molecule is COc1ccccc1CN(CC(=O)O)CC(=O)O. The third-order valence-corrected chi connectivity index (χ3v) is 2.30. The molecule has 2 N–H and O–H groups in total. The summed E-state index contributed by atoms with van der Waals surface area (Å²) in [5.41, 5.74) is 0.752. The maximum atomic E-state index is 10.7. The minimum Gasteiger partial charge on any atom is -0.496 e. The summed E-state index contributed by atoms with van der Waals surface area (Å²) in [6.07, 6.45) is 0. The van der Waals surface area contributed by atoms with Gasteiger partial charge in [-0.15, -0.1) is 0 Å². The topological polar surface area (TPSA) is 87.1 Å². The Morgan fingerprint density at radius 3 is 2.22 bits per heavy atom. The molecule has 0 amide bonds. The Morgan fingerprint density at radius 1 is 1.17 bits per heavy atom. The number of hydrogen-bond acceptors (Lipinski definition) is 4.